The average Bonchev–Trinajstić information content (AvgIpc) is 3.00. The maximum Gasteiger partial charge on any atom is 0.143 e. The Hall–Kier alpha value is -0.760. The standard InChI is InChI=1S/C12H14OS/c13-11(8-10-6-7-10)9-14-12-4-2-1-3-5-12/h1-5,10H,6-9H2. The molecule has 2 rings (SSSR count). The van der Waals surface area contributed by atoms with E-state index in [0.717, 1.165) is 12.3 Å². The maximum absolute atomic E-state index is 11.4. The van der Waals surface area contributed by atoms with Gasteiger partial charge in [-0.2, -0.15) is 0 Å². The fourth-order valence-corrected chi connectivity index (χ4v) is 2.18. The smallest absolute Gasteiger partial charge is 0.143 e. The summed E-state index contributed by atoms with van der Waals surface area (Å²) in [5.41, 5.74) is 0. The molecule has 1 nitrogen and oxygen atoms in total. The molecule has 0 bridgehead atoms. The van der Waals surface area contributed by atoms with Crippen LogP contribution in [0.3, 0.4) is 0 Å². The van der Waals surface area contributed by atoms with E-state index in [1.807, 2.05) is 18.2 Å². The molecular weight excluding hydrogens is 192 g/mol. The van der Waals surface area contributed by atoms with Crippen LogP contribution in [0.2, 0.25) is 0 Å². The van der Waals surface area contributed by atoms with Crippen molar-refractivity contribution in [1.29, 1.82) is 0 Å². The Morgan fingerprint density at radius 3 is 2.64 bits per heavy atom. The van der Waals surface area contributed by atoms with Crippen LogP contribution in [-0.2, 0) is 4.79 Å². The third-order valence-electron chi connectivity index (χ3n) is 2.36. The van der Waals surface area contributed by atoms with Gasteiger partial charge in [-0.05, 0) is 30.9 Å². The first-order chi connectivity index (χ1) is 6.84. The van der Waals surface area contributed by atoms with Crippen LogP contribution in [-0.4, -0.2) is 11.5 Å². The van der Waals surface area contributed by atoms with E-state index in [1.54, 1.807) is 11.8 Å². The molecule has 1 aromatic rings. The van der Waals surface area contributed by atoms with Gasteiger partial charge in [0.2, 0.25) is 0 Å². The summed E-state index contributed by atoms with van der Waals surface area (Å²) in [6.07, 6.45) is 3.34. The van der Waals surface area contributed by atoms with Gasteiger partial charge in [0.05, 0.1) is 5.75 Å². The van der Waals surface area contributed by atoms with Crippen LogP contribution in [0, 0.1) is 5.92 Å². The second kappa shape index (κ2) is 4.65. The molecule has 1 aromatic carbocycles. The number of ketones is 1. The minimum atomic E-state index is 0.404. The predicted molar refractivity (Wildman–Crippen MR) is 59.5 cm³/mol. The number of hydrogen-bond acceptors (Lipinski definition) is 2. The van der Waals surface area contributed by atoms with E-state index in [1.165, 1.54) is 17.7 Å². The summed E-state index contributed by atoms with van der Waals surface area (Å²) in [6.45, 7) is 0. The third-order valence-corrected chi connectivity index (χ3v) is 3.43. The molecule has 0 radical (unpaired) electrons. The van der Waals surface area contributed by atoms with Crippen molar-refractivity contribution in [2.24, 2.45) is 5.92 Å². The summed E-state index contributed by atoms with van der Waals surface area (Å²) >= 11 is 1.65. The van der Waals surface area contributed by atoms with E-state index in [9.17, 15) is 4.79 Å². The van der Waals surface area contributed by atoms with Crippen LogP contribution in [0.4, 0.5) is 0 Å². The van der Waals surface area contributed by atoms with Crippen molar-refractivity contribution < 1.29 is 4.79 Å². The zero-order chi connectivity index (χ0) is 9.80. The van der Waals surface area contributed by atoms with Crippen molar-refractivity contribution in [2.45, 2.75) is 24.2 Å². The molecule has 0 saturated heterocycles. The van der Waals surface area contributed by atoms with Crippen LogP contribution in [0.15, 0.2) is 35.2 Å². The summed E-state index contributed by atoms with van der Waals surface area (Å²) in [5, 5.41) is 0. The highest BCUT2D eigenvalue weighted by atomic mass is 32.2. The predicted octanol–water partition coefficient (Wildman–Crippen LogP) is 3.15. The summed E-state index contributed by atoms with van der Waals surface area (Å²) < 4.78 is 0. The van der Waals surface area contributed by atoms with Gasteiger partial charge in [0.1, 0.15) is 5.78 Å². The Kier molecular flexibility index (Phi) is 3.25. The largest absolute Gasteiger partial charge is 0.299 e. The van der Waals surface area contributed by atoms with Crippen molar-refractivity contribution in [3.05, 3.63) is 30.3 Å². The molecule has 0 unspecified atom stereocenters. The normalized spacial score (nSPS) is 15.4. The van der Waals surface area contributed by atoms with Crippen molar-refractivity contribution in [2.75, 3.05) is 5.75 Å². The first kappa shape index (κ1) is 9.78. The summed E-state index contributed by atoms with van der Waals surface area (Å²) in [6, 6.07) is 10.1. The molecule has 0 spiro atoms. The lowest BCUT2D eigenvalue weighted by Crippen LogP contribution is -2.01. The topological polar surface area (TPSA) is 17.1 Å². The van der Waals surface area contributed by atoms with E-state index in [2.05, 4.69) is 12.1 Å². The number of benzene rings is 1. The molecule has 2 heteroatoms. The van der Waals surface area contributed by atoms with E-state index in [-0.39, 0.29) is 0 Å². The van der Waals surface area contributed by atoms with Crippen LogP contribution < -0.4 is 0 Å². The van der Waals surface area contributed by atoms with Crippen molar-refractivity contribution in [3.8, 4) is 0 Å². The number of rotatable bonds is 5. The number of carbonyl (C=O) groups is 1. The zero-order valence-corrected chi connectivity index (χ0v) is 8.93. The number of thioether (sulfide) groups is 1. The molecule has 14 heavy (non-hydrogen) atoms. The zero-order valence-electron chi connectivity index (χ0n) is 8.11. The molecule has 1 aliphatic rings. The summed E-state index contributed by atoms with van der Waals surface area (Å²) in [4.78, 5) is 12.6. The van der Waals surface area contributed by atoms with Gasteiger partial charge in [-0.25, -0.2) is 0 Å². The van der Waals surface area contributed by atoms with Crippen LogP contribution >= 0.6 is 11.8 Å². The number of Topliss-reactive ketones (excluding diaryl/α,β-unsaturated/α-hetero) is 1. The van der Waals surface area contributed by atoms with Crippen LogP contribution in [0.1, 0.15) is 19.3 Å². The first-order valence-corrected chi connectivity index (χ1v) is 6.03. The Morgan fingerprint density at radius 2 is 2.00 bits per heavy atom. The van der Waals surface area contributed by atoms with E-state index < -0.39 is 0 Å². The van der Waals surface area contributed by atoms with Gasteiger partial charge in [0, 0.05) is 11.3 Å². The van der Waals surface area contributed by atoms with Crippen LogP contribution in [0.5, 0.6) is 0 Å². The van der Waals surface area contributed by atoms with Crippen molar-refractivity contribution in [1.82, 2.24) is 0 Å². The molecular formula is C12H14OS. The van der Waals surface area contributed by atoms with Gasteiger partial charge in [-0.3, -0.25) is 4.79 Å². The molecule has 0 atom stereocenters. The minimum absolute atomic E-state index is 0.404. The monoisotopic (exact) mass is 206 g/mol. The quantitative estimate of drug-likeness (QED) is 0.688. The van der Waals surface area contributed by atoms with Gasteiger partial charge >= 0.3 is 0 Å². The van der Waals surface area contributed by atoms with Gasteiger partial charge in [-0.15, -0.1) is 11.8 Å². The lowest BCUT2D eigenvalue weighted by atomic mass is 10.2. The molecule has 0 N–H and O–H groups in total. The second-order valence-corrected chi connectivity index (χ2v) is 4.84. The van der Waals surface area contributed by atoms with Crippen molar-refractivity contribution in [3.63, 3.8) is 0 Å². The molecule has 0 aromatic heterocycles. The van der Waals surface area contributed by atoms with E-state index in [0.29, 0.717) is 11.5 Å². The van der Waals surface area contributed by atoms with Gasteiger partial charge in [-0.1, -0.05) is 18.2 Å². The Morgan fingerprint density at radius 1 is 1.29 bits per heavy atom. The molecule has 0 heterocycles. The number of carbonyl (C=O) groups excluding carboxylic acids is 1. The van der Waals surface area contributed by atoms with Gasteiger partial charge in [0.15, 0.2) is 0 Å². The molecule has 1 aliphatic carbocycles. The van der Waals surface area contributed by atoms with Gasteiger partial charge < -0.3 is 0 Å². The highest BCUT2D eigenvalue weighted by Crippen LogP contribution is 2.33. The lowest BCUT2D eigenvalue weighted by Gasteiger charge is -1.99. The molecule has 1 fully saturated rings. The van der Waals surface area contributed by atoms with Gasteiger partial charge in [0.25, 0.3) is 0 Å². The summed E-state index contributed by atoms with van der Waals surface area (Å²) in [5.74, 6) is 1.76. The molecule has 0 amide bonds. The number of hydrogen-bond donors (Lipinski definition) is 0. The highest BCUT2D eigenvalue weighted by Gasteiger charge is 2.23. The molecule has 0 aliphatic heterocycles. The fourth-order valence-electron chi connectivity index (χ4n) is 1.38. The highest BCUT2D eigenvalue weighted by molar-refractivity contribution is 8.00. The fraction of sp³-hybridized carbons (Fsp3) is 0.417. The Bertz CT molecular complexity index is 303. The van der Waals surface area contributed by atoms with Crippen LogP contribution in [0.25, 0.3) is 0 Å². The Balaban J connectivity index is 1.73. The summed E-state index contributed by atoms with van der Waals surface area (Å²) in [7, 11) is 0. The van der Waals surface area contributed by atoms with E-state index in [4.69, 9.17) is 0 Å². The molecule has 74 valence electrons. The molecule has 1 saturated carbocycles. The SMILES string of the molecule is O=C(CSc1ccccc1)CC1CC1. The van der Waals surface area contributed by atoms with E-state index >= 15 is 0 Å². The third kappa shape index (κ3) is 3.18. The lowest BCUT2D eigenvalue weighted by molar-refractivity contribution is -0.116. The average molecular weight is 206 g/mol. The Labute approximate surface area is 88.9 Å². The minimum Gasteiger partial charge on any atom is -0.299 e. The maximum atomic E-state index is 11.4. The first-order valence-electron chi connectivity index (χ1n) is 5.04. The van der Waals surface area contributed by atoms with Crippen molar-refractivity contribution >= 4 is 17.5 Å². The second-order valence-electron chi connectivity index (χ2n) is 3.79.